The van der Waals surface area contributed by atoms with E-state index in [-0.39, 0.29) is 0 Å². The largest absolute Gasteiger partial charge is 0.367 e. The van der Waals surface area contributed by atoms with Crippen LogP contribution in [0.25, 0.3) is 22.3 Å². The average Bonchev–Trinajstić information content (AvgIpc) is 3.51. The lowest BCUT2D eigenvalue weighted by molar-refractivity contribution is -0.132. The highest BCUT2D eigenvalue weighted by atomic mass is 16.2. The molecule has 1 aliphatic carbocycles. The van der Waals surface area contributed by atoms with Crippen LogP contribution in [0.3, 0.4) is 0 Å². The molecule has 3 aromatic rings. The molecule has 1 saturated carbocycles. The number of amides is 1. The van der Waals surface area contributed by atoms with Crippen molar-refractivity contribution in [3.63, 3.8) is 0 Å². The van der Waals surface area contributed by atoms with Crippen LogP contribution >= 0.6 is 0 Å². The molecule has 0 atom stereocenters. The maximum absolute atomic E-state index is 12.3. The molecule has 0 radical (unpaired) electrons. The number of nitrogens with zero attached hydrogens (tertiary/aromatic N) is 4. The number of H-pyrrole nitrogens is 1. The van der Waals surface area contributed by atoms with Crippen molar-refractivity contribution in [2.24, 2.45) is 5.92 Å². The summed E-state index contributed by atoms with van der Waals surface area (Å²) in [5.41, 5.74) is 4.68. The van der Waals surface area contributed by atoms with Gasteiger partial charge in [-0.2, -0.15) is 5.26 Å². The Kier molecular flexibility index (Phi) is 4.01. The molecule has 2 aromatic heterocycles. The zero-order chi connectivity index (χ0) is 19.1. The number of anilines is 1. The average molecular weight is 371 g/mol. The summed E-state index contributed by atoms with van der Waals surface area (Å²) in [6.45, 7) is 3.25. The molecule has 1 amide bonds. The molecule has 1 aromatic carbocycles. The van der Waals surface area contributed by atoms with E-state index in [1.54, 1.807) is 0 Å². The number of nitriles is 1. The third-order valence-corrected chi connectivity index (χ3v) is 5.69. The minimum atomic E-state index is 0.291. The first-order valence-corrected chi connectivity index (χ1v) is 9.75. The fourth-order valence-corrected chi connectivity index (χ4v) is 3.92. The van der Waals surface area contributed by atoms with Crippen molar-refractivity contribution in [1.82, 2.24) is 14.9 Å². The van der Waals surface area contributed by atoms with Crippen LogP contribution in [0.4, 0.5) is 5.69 Å². The van der Waals surface area contributed by atoms with Gasteiger partial charge in [-0.05, 0) is 42.7 Å². The van der Waals surface area contributed by atoms with E-state index in [1.165, 1.54) is 0 Å². The van der Waals surface area contributed by atoms with Gasteiger partial charge >= 0.3 is 0 Å². The number of hydrogen-bond acceptors (Lipinski definition) is 4. The summed E-state index contributed by atoms with van der Waals surface area (Å²) in [5.74, 6) is 0.628. The molecule has 28 heavy (non-hydrogen) atoms. The number of hydrogen-bond donors (Lipinski definition) is 1. The highest BCUT2D eigenvalue weighted by Gasteiger charge is 2.34. The third kappa shape index (κ3) is 2.99. The minimum Gasteiger partial charge on any atom is -0.367 e. The smallest absolute Gasteiger partial charge is 0.225 e. The quantitative estimate of drug-likeness (QED) is 0.767. The maximum Gasteiger partial charge on any atom is 0.225 e. The summed E-state index contributed by atoms with van der Waals surface area (Å²) >= 11 is 0. The molecular formula is C22H21N5O. The molecule has 1 saturated heterocycles. The van der Waals surface area contributed by atoms with Gasteiger partial charge in [0.05, 0.1) is 11.6 Å². The SMILES string of the molecule is N#Cc1ccc(-c2cc3c(N4CCN(C(=O)C5CC5)CC4)ccnc3[nH]2)cc1. The molecule has 6 heteroatoms. The van der Waals surface area contributed by atoms with Crippen LogP contribution in [0.1, 0.15) is 18.4 Å². The Morgan fingerprint density at radius 1 is 1.11 bits per heavy atom. The number of carbonyl (C=O) groups is 1. The van der Waals surface area contributed by atoms with Gasteiger partial charge in [-0.1, -0.05) is 12.1 Å². The number of benzene rings is 1. The van der Waals surface area contributed by atoms with Crippen molar-refractivity contribution in [3.8, 4) is 17.3 Å². The third-order valence-electron chi connectivity index (χ3n) is 5.69. The molecule has 2 aliphatic rings. The van der Waals surface area contributed by atoms with E-state index in [4.69, 9.17) is 5.26 Å². The van der Waals surface area contributed by atoms with E-state index < -0.39 is 0 Å². The molecule has 5 rings (SSSR count). The predicted octanol–water partition coefficient (Wildman–Crippen LogP) is 3.16. The van der Waals surface area contributed by atoms with Crippen LogP contribution < -0.4 is 4.90 Å². The first-order chi connectivity index (χ1) is 13.7. The Bertz CT molecular complexity index is 1070. The molecule has 2 fully saturated rings. The zero-order valence-corrected chi connectivity index (χ0v) is 15.6. The second-order valence-electron chi connectivity index (χ2n) is 7.55. The summed E-state index contributed by atoms with van der Waals surface area (Å²) in [7, 11) is 0. The summed E-state index contributed by atoms with van der Waals surface area (Å²) in [5, 5.41) is 10.1. The first kappa shape index (κ1) is 16.8. The molecule has 0 spiro atoms. The van der Waals surface area contributed by atoms with Gasteiger partial charge in [-0.3, -0.25) is 4.79 Å². The summed E-state index contributed by atoms with van der Waals surface area (Å²) in [6, 6.07) is 13.9. The maximum atomic E-state index is 12.3. The van der Waals surface area contributed by atoms with Gasteiger partial charge in [-0.25, -0.2) is 4.98 Å². The standard InChI is InChI=1S/C22H21N5O/c23-14-15-1-3-16(4-2-15)19-13-18-20(7-8-24-21(18)25-19)26-9-11-27(12-10-26)22(28)17-5-6-17/h1-4,7-8,13,17H,5-6,9-12H2,(H,24,25). The lowest BCUT2D eigenvalue weighted by atomic mass is 10.1. The topological polar surface area (TPSA) is 76.0 Å². The van der Waals surface area contributed by atoms with E-state index in [1.807, 2.05) is 35.4 Å². The number of carbonyl (C=O) groups excluding carboxylic acids is 1. The van der Waals surface area contributed by atoms with Crippen molar-refractivity contribution in [1.29, 1.82) is 5.26 Å². The van der Waals surface area contributed by atoms with E-state index in [0.29, 0.717) is 17.4 Å². The van der Waals surface area contributed by atoms with Gasteiger partial charge in [0.1, 0.15) is 5.65 Å². The van der Waals surface area contributed by atoms with Gasteiger partial charge in [0.2, 0.25) is 5.91 Å². The number of nitrogens with one attached hydrogen (secondary N) is 1. The molecule has 0 unspecified atom stereocenters. The molecule has 1 aliphatic heterocycles. The van der Waals surface area contributed by atoms with Crippen LogP contribution in [-0.4, -0.2) is 47.0 Å². The van der Waals surface area contributed by atoms with Crippen LogP contribution in [0.5, 0.6) is 0 Å². The van der Waals surface area contributed by atoms with Gasteiger partial charge < -0.3 is 14.8 Å². The normalized spacial score (nSPS) is 17.0. The highest BCUT2D eigenvalue weighted by molar-refractivity contribution is 5.94. The highest BCUT2D eigenvalue weighted by Crippen LogP contribution is 2.33. The Balaban J connectivity index is 1.40. The van der Waals surface area contributed by atoms with Crippen molar-refractivity contribution < 1.29 is 4.79 Å². The van der Waals surface area contributed by atoms with Crippen LogP contribution in [-0.2, 0) is 4.79 Å². The number of rotatable bonds is 3. The van der Waals surface area contributed by atoms with Gasteiger partial charge in [0, 0.05) is 55.1 Å². The van der Waals surface area contributed by atoms with Crippen molar-refractivity contribution in [2.75, 3.05) is 31.1 Å². The summed E-state index contributed by atoms with van der Waals surface area (Å²) in [6.07, 6.45) is 3.95. The summed E-state index contributed by atoms with van der Waals surface area (Å²) < 4.78 is 0. The number of piperazine rings is 1. The van der Waals surface area contributed by atoms with Crippen molar-refractivity contribution in [3.05, 3.63) is 48.2 Å². The number of aromatic nitrogens is 2. The second-order valence-corrected chi connectivity index (χ2v) is 7.55. The minimum absolute atomic E-state index is 0.291. The summed E-state index contributed by atoms with van der Waals surface area (Å²) in [4.78, 5) is 24.5. The van der Waals surface area contributed by atoms with E-state index >= 15 is 0 Å². The van der Waals surface area contributed by atoms with E-state index in [2.05, 4.69) is 33.1 Å². The van der Waals surface area contributed by atoms with E-state index in [9.17, 15) is 4.79 Å². The number of aromatic amines is 1. The molecule has 3 heterocycles. The predicted molar refractivity (Wildman–Crippen MR) is 108 cm³/mol. The fraction of sp³-hybridized carbons (Fsp3) is 0.318. The Morgan fingerprint density at radius 3 is 2.54 bits per heavy atom. The lowest BCUT2D eigenvalue weighted by Gasteiger charge is -2.36. The van der Waals surface area contributed by atoms with Crippen LogP contribution in [0.15, 0.2) is 42.6 Å². The fourth-order valence-electron chi connectivity index (χ4n) is 3.92. The molecule has 0 bridgehead atoms. The molecule has 1 N–H and O–H groups in total. The van der Waals surface area contributed by atoms with Gasteiger partial charge in [0.15, 0.2) is 0 Å². The Morgan fingerprint density at radius 2 is 1.86 bits per heavy atom. The van der Waals surface area contributed by atoms with Crippen LogP contribution in [0, 0.1) is 17.2 Å². The Hall–Kier alpha value is -3.33. The van der Waals surface area contributed by atoms with E-state index in [0.717, 1.165) is 67.0 Å². The van der Waals surface area contributed by atoms with Gasteiger partial charge in [-0.15, -0.1) is 0 Å². The second kappa shape index (κ2) is 6.68. The van der Waals surface area contributed by atoms with Crippen molar-refractivity contribution in [2.45, 2.75) is 12.8 Å². The first-order valence-electron chi connectivity index (χ1n) is 9.75. The number of fused-ring (bicyclic) bond motifs is 1. The number of pyridine rings is 1. The molecule has 140 valence electrons. The van der Waals surface area contributed by atoms with Crippen LogP contribution in [0.2, 0.25) is 0 Å². The monoisotopic (exact) mass is 371 g/mol. The Labute approximate surface area is 163 Å². The molecular weight excluding hydrogens is 350 g/mol. The molecule has 6 nitrogen and oxygen atoms in total. The van der Waals surface area contributed by atoms with Crippen molar-refractivity contribution >= 4 is 22.6 Å². The van der Waals surface area contributed by atoms with Gasteiger partial charge in [0.25, 0.3) is 0 Å². The lowest BCUT2D eigenvalue weighted by Crippen LogP contribution is -2.49. The zero-order valence-electron chi connectivity index (χ0n) is 15.6.